The van der Waals surface area contributed by atoms with Gasteiger partial charge in [0.15, 0.2) is 0 Å². The predicted octanol–water partition coefficient (Wildman–Crippen LogP) is 0.982. The number of nitrogens with one attached hydrogen (secondary N) is 3. The fourth-order valence-electron chi connectivity index (χ4n) is 2.35. The smallest absolute Gasteiger partial charge is 0.336 e. The lowest BCUT2D eigenvalue weighted by atomic mass is 10.1. The number of ether oxygens (including phenoxy) is 2. The summed E-state index contributed by atoms with van der Waals surface area (Å²) in [6.45, 7) is 1.67. The molecule has 0 saturated heterocycles. The Morgan fingerprint density at radius 3 is 2.20 bits per heavy atom. The third-order valence-corrected chi connectivity index (χ3v) is 4.63. The maximum Gasteiger partial charge on any atom is 0.336 e. The van der Waals surface area contributed by atoms with Gasteiger partial charge in [0.25, 0.3) is 5.91 Å². The summed E-state index contributed by atoms with van der Waals surface area (Å²) < 4.78 is 38.7. The lowest BCUT2D eigenvalue weighted by molar-refractivity contribution is 0.0828. The van der Waals surface area contributed by atoms with Crippen LogP contribution in [0.5, 0.6) is 11.8 Å². The molecule has 1 aromatic heterocycles. The van der Waals surface area contributed by atoms with E-state index in [1.807, 2.05) is 0 Å². The van der Waals surface area contributed by atoms with E-state index in [2.05, 4.69) is 20.0 Å². The van der Waals surface area contributed by atoms with Crippen LogP contribution in [0, 0.1) is 6.92 Å². The van der Waals surface area contributed by atoms with Crippen molar-refractivity contribution in [1.29, 1.82) is 0 Å². The summed E-state index contributed by atoms with van der Waals surface area (Å²) in [5.74, 6) is -0.431. The van der Waals surface area contributed by atoms with Crippen LogP contribution in [-0.2, 0) is 10.2 Å². The molecule has 0 aliphatic rings. The van der Waals surface area contributed by atoms with Gasteiger partial charge in [-0.05, 0) is 18.6 Å². The van der Waals surface area contributed by atoms with Crippen LogP contribution in [0.25, 0.3) is 0 Å². The molecule has 3 N–H and O–H groups in total. The molecule has 0 bridgehead atoms. The Balaban J connectivity index is 2.19. The van der Waals surface area contributed by atoms with Crippen molar-refractivity contribution in [2.24, 2.45) is 0 Å². The molecule has 12 nitrogen and oxygen atoms in total. The van der Waals surface area contributed by atoms with E-state index in [1.165, 1.54) is 31.3 Å². The van der Waals surface area contributed by atoms with Crippen molar-refractivity contribution < 1.29 is 27.5 Å². The summed E-state index contributed by atoms with van der Waals surface area (Å²) in [4.78, 5) is 33.6. The largest absolute Gasteiger partial charge is 0.481 e. The summed E-state index contributed by atoms with van der Waals surface area (Å²) >= 11 is 0. The molecule has 1 heterocycles. The minimum Gasteiger partial charge on any atom is -0.481 e. The van der Waals surface area contributed by atoms with Crippen LogP contribution in [-0.4, -0.2) is 63.5 Å². The third kappa shape index (κ3) is 5.70. The van der Waals surface area contributed by atoms with Crippen molar-refractivity contribution in [3.05, 3.63) is 35.4 Å². The maximum absolute atomic E-state index is 12.4. The van der Waals surface area contributed by atoms with Crippen molar-refractivity contribution in [1.82, 2.24) is 19.6 Å². The number of hydrogen-bond acceptors (Lipinski definition) is 8. The van der Waals surface area contributed by atoms with Gasteiger partial charge in [-0.15, -0.1) is 0 Å². The number of nitrogens with zero attached hydrogens (tertiary/aromatic N) is 3. The summed E-state index contributed by atoms with van der Waals surface area (Å²) in [5, 5.41) is 2.17. The molecular weight excluding hydrogens is 416 g/mol. The SMILES string of the molecule is COc1cc(OC)nc(NC(=O)NS(=O)(=O)Nc2cccc(C)c2C(=O)N(C)C)n1. The normalized spacial score (nSPS) is 10.7. The molecule has 0 radical (unpaired) electrons. The van der Waals surface area contributed by atoms with Crippen LogP contribution in [0.15, 0.2) is 24.3 Å². The molecule has 2 aromatic rings. The number of anilines is 2. The lowest BCUT2D eigenvalue weighted by Gasteiger charge is -2.17. The zero-order chi connectivity index (χ0) is 22.5. The molecule has 13 heteroatoms. The van der Waals surface area contributed by atoms with Gasteiger partial charge in [-0.25, -0.2) is 9.52 Å². The van der Waals surface area contributed by atoms with Crippen LogP contribution in [0.2, 0.25) is 0 Å². The summed E-state index contributed by atoms with van der Waals surface area (Å²) in [6.07, 6.45) is 0. The summed E-state index contributed by atoms with van der Waals surface area (Å²) in [6, 6.07) is 4.91. The van der Waals surface area contributed by atoms with E-state index in [0.29, 0.717) is 5.56 Å². The van der Waals surface area contributed by atoms with E-state index in [-0.39, 0.29) is 29.0 Å². The first kappa shape index (κ1) is 22.7. The number of rotatable bonds is 7. The Labute approximate surface area is 173 Å². The predicted molar refractivity (Wildman–Crippen MR) is 109 cm³/mol. The van der Waals surface area contributed by atoms with E-state index < -0.39 is 22.1 Å². The van der Waals surface area contributed by atoms with Crippen LogP contribution in [0.1, 0.15) is 15.9 Å². The Morgan fingerprint density at radius 2 is 1.67 bits per heavy atom. The number of benzene rings is 1. The highest BCUT2D eigenvalue weighted by molar-refractivity contribution is 7.91. The zero-order valence-corrected chi connectivity index (χ0v) is 17.8. The number of carbonyl (C=O) groups is 2. The molecular formula is C17H22N6O6S. The number of urea groups is 1. The van der Waals surface area contributed by atoms with Gasteiger partial charge in [0.2, 0.25) is 17.7 Å². The average Bonchev–Trinajstić information content (AvgIpc) is 2.66. The summed E-state index contributed by atoms with van der Waals surface area (Å²) in [5.41, 5.74) is 0.748. The van der Waals surface area contributed by atoms with Gasteiger partial charge < -0.3 is 14.4 Å². The first-order valence-corrected chi connectivity index (χ1v) is 9.94. The number of aryl methyl sites for hydroxylation is 1. The van der Waals surface area contributed by atoms with Gasteiger partial charge in [-0.1, -0.05) is 12.1 Å². The van der Waals surface area contributed by atoms with E-state index in [0.717, 1.165) is 0 Å². The Hall–Kier alpha value is -3.61. The fraction of sp³-hybridized carbons (Fsp3) is 0.294. The van der Waals surface area contributed by atoms with Crippen molar-refractivity contribution in [3.8, 4) is 11.8 Å². The van der Waals surface area contributed by atoms with E-state index >= 15 is 0 Å². The minimum absolute atomic E-state index is 0.0216. The van der Waals surface area contributed by atoms with Crippen molar-refractivity contribution in [2.45, 2.75) is 6.92 Å². The zero-order valence-electron chi connectivity index (χ0n) is 17.0. The van der Waals surface area contributed by atoms with Crippen LogP contribution >= 0.6 is 0 Å². The molecule has 0 fully saturated rings. The molecule has 0 unspecified atom stereocenters. The molecule has 0 saturated carbocycles. The molecule has 1 aromatic carbocycles. The second-order valence-electron chi connectivity index (χ2n) is 6.14. The quantitative estimate of drug-likeness (QED) is 0.579. The number of methoxy groups -OCH3 is 2. The van der Waals surface area contributed by atoms with Crippen molar-refractivity contribution in [3.63, 3.8) is 0 Å². The van der Waals surface area contributed by atoms with Gasteiger partial charge >= 0.3 is 16.2 Å². The fourth-order valence-corrected chi connectivity index (χ4v) is 3.15. The average molecular weight is 438 g/mol. The lowest BCUT2D eigenvalue weighted by Crippen LogP contribution is -2.39. The third-order valence-electron chi connectivity index (χ3n) is 3.69. The number of hydrogen-bond donors (Lipinski definition) is 3. The van der Waals surface area contributed by atoms with E-state index in [9.17, 15) is 18.0 Å². The Morgan fingerprint density at radius 1 is 1.07 bits per heavy atom. The first-order valence-electron chi connectivity index (χ1n) is 8.46. The Bertz CT molecular complexity index is 1030. The topological polar surface area (TPSA) is 152 Å². The van der Waals surface area contributed by atoms with Crippen molar-refractivity contribution >= 4 is 33.8 Å². The molecule has 0 spiro atoms. The molecule has 0 aliphatic heterocycles. The highest BCUT2D eigenvalue weighted by Crippen LogP contribution is 2.22. The molecule has 0 atom stereocenters. The van der Waals surface area contributed by atoms with Crippen LogP contribution in [0.3, 0.4) is 0 Å². The Kier molecular flexibility index (Phi) is 7.00. The second kappa shape index (κ2) is 9.26. The van der Waals surface area contributed by atoms with Gasteiger partial charge in [-0.2, -0.15) is 18.4 Å². The number of carbonyl (C=O) groups excluding carboxylic acids is 2. The van der Waals surface area contributed by atoms with Gasteiger partial charge in [-0.3, -0.25) is 14.8 Å². The molecule has 3 amide bonds. The molecule has 162 valence electrons. The van der Waals surface area contributed by atoms with Crippen molar-refractivity contribution in [2.75, 3.05) is 38.4 Å². The number of amides is 3. The monoisotopic (exact) mass is 438 g/mol. The van der Waals surface area contributed by atoms with E-state index in [4.69, 9.17) is 9.47 Å². The van der Waals surface area contributed by atoms with Crippen LogP contribution in [0.4, 0.5) is 16.4 Å². The standard InChI is InChI=1S/C17H22N6O6S/c1-10-7-6-8-11(14(10)15(24)23(2)3)21-30(26,27)22-17(25)20-16-18-12(28-4)9-13(19-16)29-5/h6-9,21H,1-5H3,(H2,18,19,20,22,25). The summed E-state index contributed by atoms with van der Waals surface area (Å²) in [7, 11) is 1.41. The highest BCUT2D eigenvalue weighted by atomic mass is 32.2. The van der Waals surface area contributed by atoms with Gasteiger partial charge in [0.05, 0.1) is 31.5 Å². The molecule has 2 rings (SSSR count). The second-order valence-corrected chi connectivity index (χ2v) is 7.55. The van der Waals surface area contributed by atoms with Crippen LogP contribution < -0.4 is 24.2 Å². The van der Waals surface area contributed by atoms with Gasteiger partial charge in [0, 0.05) is 14.1 Å². The molecule has 0 aliphatic carbocycles. The first-order chi connectivity index (χ1) is 14.1. The van der Waals surface area contributed by atoms with Gasteiger partial charge in [0.1, 0.15) is 0 Å². The highest BCUT2D eigenvalue weighted by Gasteiger charge is 2.22. The minimum atomic E-state index is -4.38. The molecule has 30 heavy (non-hydrogen) atoms. The number of aromatic nitrogens is 2. The maximum atomic E-state index is 12.4. The van der Waals surface area contributed by atoms with E-state index in [1.54, 1.807) is 37.9 Å².